The highest BCUT2D eigenvalue weighted by molar-refractivity contribution is 6.25. The molecule has 2 aliphatic rings. The van der Waals surface area contributed by atoms with E-state index in [2.05, 4.69) is 83.1 Å². The summed E-state index contributed by atoms with van der Waals surface area (Å²) in [5.41, 5.74) is 3.22. The van der Waals surface area contributed by atoms with E-state index in [9.17, 15) is 9.90 Å². The summed E-state index contributed by atoms with van der Waals surface area (Å²) in [6.45, 7) is 29.1. The van der Waals surface area contributed by atoms with Gasteiger partial charge in [-0.05, 0) is 89.8 Å². The van der Waals surface area contributed by atoms with E-state index in [-0.39, 0.29) is 33.2 Å². The molecule has 1 aliphatic heterocycles. The van der Waals surface area contributed by atoms with E-state index < -0.39 is 0 Å². The van der Waals surface area contributed by atoms with Gasteiger partial charge in [-0.25, -0.2) is 4.42 Å². The number of ether oxygens (including phenoxy) is 1. The quantitative estimate of drug-likeness (QED) is 0.312. The number of Topliss-reactive ketones (excluding diaryl/α,β-unsaturated/α-hetero) is 1. The normalized spacial score (nSPS) is 18.6. The van der Waals surface area contributed by atoms with Crippen molar-refractivity contribution >= 4 is 11.4 Å². The molecule has 3 rings (SSSR count). The van der Waals surface area contributed by atoms with Gasteiger partial charge in [0.1, 0.15) is 17.3 Å². The number of carbonyl (C=O) groups is 1. The monoisotopic (exact) mass is 519 g/mol. The van der Waals surface area contributed by atoms with Crippen LogP contribution in [0.5, 0.6) is 0 Å². The zero-order chi connectivity index (χ0) is 29.2. The van der Waals surface area contributed by atoms with Gasteiger partial charge in [0, 0.05) is 23.0 Å². The van der Waals surface area contributed by atoms with Crippen LogP contribution in [0.4, 0.5) is 0 Å². The van der Waals surface area contributed by atoms with E-state index >= 15 is 0 Å². The van der Waals surface area contributed by atoms with Gasteiger partial charge in [0.2, 0.25) is 5.78 Å². The Morgan fingerprint density at radius 1 is 0.711 bits per heavy atom. The van der Waals surface area contributed by atoms with Crippen LogP contribution in [0.25, 0.3) is 5.57 Å². The number of ketones is 1. The maximum absolute atomic E-state index is 13.6. The standard InChI is InChI=1S/C34H46O4/c1-19(21-15-23(31(3,4)5)37-24(16-21)32(6,7)8)27-29(35)28(30(27)36)20(2)22-17-25(33(9,10)11)38-26(18-22)34(12,13)14/h15-18H,1-14H3/p+1. The number of rotatable bonds is 2. The van der Waals surface area contributed by atoms with E-state index in [1.54, 1.807) is 0 Å². The van der Waals surface area contributed by atoms with Crippen molar-refractivity contribution in [1.29, 1.82) is 0 Å². The fraction of sp³-hybridized carbons (Fsp3) is 0.529. The second-order valence-electron chi connectivity index (χ2n) is 14.8. The molecule has 0 bridgehead atoms. The SMILES string of the molecule is CC(=C1C=C(C(C)(C)C)OC(C(C)(C)C)=C1)C1=C(O)C(=C(C)c2cc(C(C)(C)C)[o+]c(C(C)(C)C)c2)C1=O. The summed E-state index contributed by atoms with van der Waals surface area (Å²) in [4.78, 5) is 13.6. The molecule has 1 aliphatic carbocycles. The lowest BCUT2D eigenvalue weighted by molar-refractivity contribution is -0.113. The molecule has 0 fully saturated rings. The summed E-state index contributed by atoms with van der Waals surface area (Å²) in [5.74, 6) is 3.29. The summed E-state index contributed by atoms with van der Waals surface area (Å²) < 4.78 is 12.6. The fourth-order valence-corrected chi connectivity index (χ4v) is 4.30. The molecular weight excluding hydrogens is 472 g/mol. The minimum atomic E-state index is -0.203. The second kappa shape index (κ2) is 9.39. The van der Waals surface area contributed by atoms with Crippen LogP contribution in [0.15, 0.2) is 68.3 Å². The Morgan fingerprint density at radius 2 is 1.13 bits per heavy atom. The Balaban J connectivity index is 2.20. The Labute approximate surface area is 229 Å². The van der Waals surface area contributed by atoms with Crippen LogP contribution in [0, 0.1) is 10.8 Å². The van der Waals surface area contributed by atoms with Gasteiger partial charge >= 0.3 is 11.5 Å². The third kappa shape index (κ3) is 5.75. The number of allylic oxidation sites excluding steroid dienone is 9. The van der Waals surface area contributed by atoms with Crippen LogP contribution < -0.4 is 0 Å². The fourth-order valence-electron chi connectivity index (χ4n) is 4.30. The van der Waals surface area contributed by atoms with Gasteiger partial charge < -0.3 is 9.84 Å². The van der Waals surface area contributed by atoms with Gasteiger partial charge in [-0.3, -0.25) is 4.79 Å². The lowest BCUT2D eigenvalue weighted by Gasteiger charge is -2.33. The largest absolute Gasteiger partial charge is 0.506 e. The first-order valence-corrected chi connectivity index (χ1v) is 13.6. The van der Waals surface area contributed by atoms with Crippen molar-refractivity contribution < 1.29 is 19.1 Å². The molecule has 0 saturated carbocycles. The van der Waals surface area contributed by atoms with Crippen LogP contribution in [0.1, 0.15) is 114 Å². The summed E-state index contributed by atoms with van der Waals surface area (Å²) in [6.07, 6.45) is 3.99. The molecular formula is C34H47O4+. The van der Waals surface area contributed by atoms with Gasteiger partial charge in [0.05, 0.1) is 22.0 Å². The van der Waals surface area contributed by atoms with Crippen molar-refractivity contribution in [2.24, 2.45) is 10.8 Å². The molecule has 1 aromatic rings. The van der Waals surface area contributed by atoms with Crippen LogP contribution in [-0.4, -0.2) is 10.9 Å². The van der Waals surface area contributed by atoms with Gasteiger partial charge in [-0.2, -0.15) is 0 Å². The Hall–Kier alpha value is -2.88. The van der Waals surface area contributed by atoms with E-state index in [0.717, 1.165) is 45.3 Å². The predicted octanol–water partition coefficient (Wildman–Crippen LogP) is 9.53. The van der Waals surface area contributed by atoms with E-state index in [0.29, 0.717) is 11.1 Å². The molecule has 38 heavy (non-hydrogen) atoms. The second-order valence-corrected chi connectivity index (χ2v) is 14.8. The van der Waals surface area contributed by atoms with Crippen molar-refractivity contribution in [3.05, 3.63) is 80.9 Å². The lowest BCUT2D eigenvalue weighted by Crippen LogP contribution is -2.26. The maximum atomic E-state index is 13.6. The minimum absolute atomic E-state index is 0.0517. The maximum Gasteiger partial charge on any atom is 0.335 e. The summed E-state index contributed by atoms with van der Waals surface area (Å²) in [5, 5.41) is 11.3. The Morgan fingerprint density at radius 3 is 1.47 bits per heavy atom. The van der Waals surface area contributed by atoms with Gasteiger partial charge in [-0.1, -0.05) is 41.5 Å². The molecule has 0 amide bonds. The summed E-state index contributed by atoms with van der Waals surface area (Å²) in [6, 6.07) is 3.99. The number of aliphatic hydroxyl groups excluding tert-OH is 1. The average molecular weight is 520 g/mol. The van der Waals surface area contributed by atoms with Crippen molar-refractivity contribution in [1.82, 2.24) is 0 Å². The first kappa shape index (κ1) is 29.7. The highest BCUT2D eigenvalue weighted by atomic mass is 16.5. The van der Waals surface area contributed by atoms with Crippen molar-refractivity contribution in [3.63, 3.8) is 0 Å². The van der Waals surface area contributed by atoms with E-state index in [4.69, 9.17) is 9.15 Å². The highest BCUT2D eigenvalue weighted by Crippen LogP contribution is 2.44. The first-order chi connectivity index (χ1) is 17.0. The minimum Gasteiger partial charge on any atom is -0.506 e. The van der Waals surface area contributed by atoms with E-state index in [1.165, 1.54) is 0 Å². The molecule has 0 aromatic carbocycles. The zero-order valence-electron chi connectivity index (χ0n) is 26.0. The van der Waals surface area contributed by atoms with E-state index in [1.807, 2.05) is 38.1 Å². The van der Waals surface area contributed by atoms with Crippen LogP contribution in [0.2, 0.25) is 0 Å². The predicted molar refractivity (Wildman–Crippen MR) is 157 cm³/mol. The molecule has 1 aromatic heterocycles. The highest BCUT2D eigenvalue weighted by Gasteiger charge is 2.40. The molecule has 4 nitrogen and oxygen atoms in total. The molecule has 4 heteroatoms. The third-order valence-corrected chi connectivity index (χ3v) is 7.09. The van der Waals surface area contributed by atoms with Gasteiger partial charge in [0.25, 0.3) is 0 Å². The molecule has 0 atom stereocenters. The number of carbonyl (C=O) groups excluding carboxylic acids is 1. The van der Waals surface area contributed by atoms with Crippen molar-refractivity contribution in [2.75, 3.05) is 0 Å². The topological polar surface area (TPSA) is 57.8 Å². The smallest absolute Gasteiger partial charge is 0.335 e. The molecule has 0 saturated heterocycles. The summed E-state index contributed by atoms with van der Waals surface area (Å²) >= 11 is 0. The number of hydrogen-bond donors (Lipinski definition) is 1. The van der Waals surface area contributed by atoms with Crippen molar-refractivity contribution in [2.45, 2.75) is 108 Å². The van der Waals surface area contributed by atoms with Crippen LogP contribution >= 0.6 is 0 Å². The first-order valence-electron chi connectivity index (χ1n) is 13.6. The molecule has 1 N–H and O–H groups in total. The number of aliphatic hydroxyl groups is 1. The Kier molecular flexibility index (Phi) is 7.34. The molecule has 0 radical (unpaired) electrons. The molecule has 2 heterocycles. The van der Waals surface area contributed by atoms with Crippen LogP contribution in [-0.2, 0) is 20.4 Å². The number of hydrogen-bond acceptors (Lipinski definition) is 3. The lowest BCUT2D eigenvalue weighted by atomic mass is 9.77. The molecule has 0 unspecified atom stereocenters. The van der Waals surface area contributed by atoms with Crippen molar-refractivity contribution in [3.8, 4) is 0 Å². The van der Waals surface area contributed by atoms with Gasteiger partial charge in [-0.15, -0.1) is 0 Å². The zero-order valence-corrected chi connectivity index (χ0v) is 26.0. The average Bonchev–Trinajstić information content (AvgIpc) is 2.76. The van der Waals surface area contributed by atoms with Gasteiger partial charge in [0.15, 0.2) is 0 Å². The molecule has 206 valence electrons. The van der Waals surface area contributed by atoms with Crippen LogP contribution in [0.3, 0.4) is 0 Å². The third-order valence-electron chi connectivity index (χ3n) is 7.09. The Bertz CT molecular complexity index is 1260. The molecule has 0 spiro atoms. The summed E-state index contributed by atoms with van der Waals surface area (Å²) in [7, 11) is 0.